The Morgan fingerprint density at radius 2 is 1.85 bits per heavy atom. The molecule has 0 N–H and O–H groups in total. The maximum atomic E-state index is 12.5. The van der Waals surface area contributed by atoms with Gasteiger partial charge >= 0.3 is 0 Å². The molecule has 0 aliphatic rings. The fourth-order valence-electron chi connectivity index (χ4n) is 2.88. The van der Waals surface area contributed by atoms with Crippen LogP contribution in [-0.4, -0.2) is 17.5 Å². The van der Waals surface area contributed by atoms with E-state index >= 15 is 0 Å². The van der Waals surface area contributed by atoms with Gasteiger partial charge in [-0.3, -0.25) is 9.59 Å². The van der Waals surface area contributed by atoms with Crippen LogP contribution in [0.25, 0.3) is 17.0 Å². The molecule has 0 unspecified atom stereocenters. The van der Waals surface area contributed by atoms with Gasteiger partial charge in [0.2, 0.25) is 0 Å². The first-order valence-electron chi connectivity index (χ1n) is 8.35. The molecule has 1 heterocycles. The molecule has 0 aliphatic heterocycles. The third-order valence-corrected chi connectivity index (χ3v) is 5.15. The number of hydrogen-bond donors (Lipinski definition) is 0. The lowest BCUT2D eigenvalue weighted by Gasteiger charge is -2.19. The van der Waals surface area contributed by atoms with E-state index in [1.54, 1.807) is 40.8 Å². The highest BCUT2D eigenvalue weighted by molar-refractivity contribution is 9.10. The molecule has 4 nitrogen and oxygen atoms in total. The molecule has 1 amide bonds. The van der Waals surface area contributed by atoms with Crippen LogP contribution in [0.2, 0.25) is 0 Å². The van der Waals surface area contributed by atoms with E-state index in [9.17, 15) is 9.59 Å². The van der Waals surface area contributed by atoms with Crippen LogP contribution < -0.4 is 10.5 Å². The summed E-state index contributed by atoms with van der Waals surface area (Å²) in [7, 11) is 1.74. The number of halogens is 1. The van der Waals surface area contributed by atoms with Crippen molar-refractivity contribution in [1.29, 1.82) is 0 Å². The predicted molar refractivity (Wildman–Crippen MR) is 110 cm³/mol. The Bertz CT molecular complexity index is 1040. The number of carbonyl (C=O) groups is 1. The highest BCUT2D eigenvalue weighted by atomic mass is 79.9. The van der Waals surface area contributed by atoms with Crippen LogP contribution in [0.15, 0.2) is 69.9 Å². The van der Waals surface area contributed by atoms with Gasteiger partial charge in [-0.25, -0.2) is 0 Å². The topological polar surface area (TPSA) is 42.3 Å². The van der Waals surface area contributed by atoms with Gasteiger partial charge in [-0.05, 0) is 52.7 Å². The predicted octanol–water partition coefficient (Wildman–Crippen LogP) is 4.46. The number of likely N-dealkylation sites (N-methyl/N-ethyl adjacent to an activating group) is 1. The lowest BCUT2D eigenvalue weighted by atomic mass is 10.1. The summed E-state index contributed by atoms with van der Waals surface area (Å²) in [4.78, 5) is 26.1. The van der Waals surface area contributed by atoms with Crippen LogP contribution in [-0.2, 0) is 11.3 Å². The summed E-state index contributed by atoms with van der Waals surface area (Å²) < 4.78 is 2.50. The van der Waals surface area contributed by atoms with Gasteiger partial charge in [0, 0.05) is 31.1 Å². The van der Waals surface area contributed by atoms with Gasteiger partial charge in [-0.2, -0.15) is 0 Å². The van der Waals surface area contributed by atoms with Crippen molar-refractivity contribution in [3.05, 3.63) is 81.1 Å². The van der Waals surface area contributed by atoms with Gasteiger partial charge in [-0.1, -0.05) is 30.3 Å². The van der Waals surface area contributed by atoms with Gasteiger partial charge < -0.3 is 9.47 Å². The summed E-state index contributed by atoms with van der Waals surface area (Å²) in [5.41, 5.74) is 2.53. The quantitative estimate of drug-likeness (QED) is 0.595. The molecule has 0 radical (unpaired) electrons. The second-order valence-corrected chi connectivity index (χ2v) is 6.68. The molecule has 132 valence electrons. The van der Waals surface area contributed by atoms with Crippen LogP contribution in [0.3, 0.4) is 0 Å². The minimum atomic E-state index is -0.127. The second kappa shape index (κ2) is 7.70. The minimum Gasteiger partial charge on any atom is -0.311 e. The van der Waals surface area contributed by atoms with Crippen molar-refractivity contribution in [2.75, 3.05) is 11.9 Å². The van der Waals surface area contributed by atoms with E-state index in [0.717, 1.165) is 26.6 Å². The number of hydrogen-bond acceptors (Lipinski definition) is 2. The Hall–Kier alpha value is -2.66. The molecule has 0 spiro atoms. The van der Waals surface area contributed by atoms with Gasteiger partial charge in [0.25, 0.3) is 11.5 Å². The Morgan fingerprint density at radius 1 is 1.12 bits per heavy atom. The number of aryl methyl sites for hydroxylation is 1. The first-order valence-corrected chi connectivity index (χ1v) is 9.15. The normalized spacial score (nSPS) is 11.2. The summed E-state index contributed by atoms with van der Waals surface area (Å²) in [6.45, 7) is 2.53. The smallest absolute Gasteiger partial charge is 0.251 e. The Morgan fingerprint density at radius 3 is 2.54 bits per heavy atom. The maximum absolute atomic E-state index is 12.5. The fourth-order valence-corrected chi connectivity index (χ4v) is 3.61. The third-order valence-electron chi connectivity index (χ3n) is 4.31. The largest absolute Gasteiger partial charge is 0.311 e. The Balaban J connectivity index is 1.96. The zero-order chi connectivity index (χ0) is 18.7. The van der Waals surface area contributed by atoms with Gasteiger partial charge in [0.05, 0.1) is 15.7 Å². The number of amides is 1. The molecule has 26 heavy (non-hydrogen) atoms. The number of aromatic nitrogens is 1. The summed E-state index contributed by atoms with van der Waals surface area (Å²) in [6.07, 6.45) is 3.35. The highest BCUT2D eigenvalue weighted by Crippen LogP contribution is 2.33. The first-order chi connectivity index (χ1) is 12.5. The van der Waals surface area contributed by atoms with Gasteiger partial charge in [0.1, 0.15) is 0 Å². The lowest BCUT2D eigenvalue weighted by molar-refractivity contribution is -0.113. The van der Waals surface area contributed by atoms with Crippen molar-refractivity contribution in [2.45, 2.75) is 13.5 Å². The van der Waals surface area contributed by atoms with Crippen molar-refractivity contribution in [3.8, 4) is 0 Å². The standard InChI is InChI=1S/C21H19BrN2O2/c1-3-24-17-11-12-18(21(22)16(17)10-14-20(24)26)23(2)19(25)13-9-15-7-5-4-6-8-15/h4-14H,3H2,1-2H3/b13-9+. The van der Waals surface area contributed by atoms with E-state index in [-0.39, 0.29) is 11.5 Å². The monoisotopic (exact) mass is 410 g/mol. The molecule has 3 rings (SSSR count). The van der Waals surface area contributed by atoms with Crippen LogP contribution in [0.4, 0.5) is 5.69 Å². The molecule has 0 saturated heterocycles. The number of rotatable bonds is 4. The van der Waals surface area contributed by atoms with Crippen LogP contribution in [0, 0.1) is 0 Å². The molecular weight excluding hydrogens is 392 g/mol. The van der Waals surface area contributed by atoms with E-state index < -0.39 is 0 Å². The summed E-state index contributed by atoms with van der Waals surface area (Å²) in [5.74, 6) is -0.127. The van der Waals surface area contributed by atoms with Crippen LogP contribution in [0.5, 0.6) is 0 Å². The number of benzene rings is 2. The van der Waals surface area contributed by atoms with E-state index in [2.05, 4.69) is 15.9 Å². The molecule has 2 aromatic carbocycles. The minimum absolute atomic E-state index is 0.0325. The third kappa shape index (κ3) is 3.48. The molecule has 0 atom stereocenters. The number of carbonyl (C=O) groups excluding carboxylic acids is 1. The SMILES string of the molecule is CCn1c(=O)ccc2c(Br)c(N(C)C(=O)/C=C/c3ccccc3)ccc21. The summed E-state index contributed by atoms with van der Waals surface area (Å²) >= 11 is 3.60. The molecule has 1 aromatic heterocycles. The number of anilines is 1. The van der Waals surface area contributed by atoms with E-state index in [0.29, 0.717) is 6.54 Å². The zero-order valence-electron chi connectivity index (χ0n) is 14.6. The fraction of sp³-hybridized carbons (Fsp3) is 0.143. The van der Waals surface area contributed by atoms with Crippen LogP contribution >= 0.6 is 15.9 Å². The lowest BCUT2D eigenvalue weighted by Crippen LogP contribution is -2.25. The Labute approximate surface area is 160 Å². The Kier molecular flexibility index (Phi) is 5.38. The van der Waals surface area contributed by atoms with E-state index in [1.165, 1.54) is 0 Å². The number of pyridine rings is 1. The zero-order valence-corrected chi connectivity index (χ0v) is 16.2. The summed E-state index contributed by atoms with van der Waals surface area (Å²) in [5, 5.41) is 0.899. The van der Waals surface area contributed by atoms with Gasteiger partial charge in [-0.15, -0.1) is 0 Å². The van der Waals surface area contributed by atoms with Crippen LogP contribution in [0.1, 0.15) is 12.5 Å². The molecule has 0 aliphatic carbocycles. The maximum Gasteiger partial charge on any atom is 0.251 e. The van der Waals surface area contributed by atoms with Crippen molar-refractivity contribution in [3.63, 3.8) is 0 Å². The molecular formula is C21H19BrN2O2. The van der Waals surface area contributed by atoms with Crippen molar-refractivity contribution in [2.24, 2.45) is 0 Å². The molecule has 0 fully saturated rings. The highest BCUT2D eigenvalue weighted by Gasteiger charge is 2.15. The molecule has 0 bridgehead atoms. The first kappa shape index (κ1) is 18.1. The average Bonchev–Trinajstić information content (AvgIpc) is 2.66. The summed E-state index contributed by atoms with van der Waals surface area (Å²) in [6, 6.07) is 16.8. The van der Waals surface area contributed by atoms with Crippen molar-refractivity contribution < 1.29 is 4.79 Å². The second-order valence-electron chi connectivity index (χ2n) is 5.89. The molecule has 0 saturated carbocycles. The van der Waals surface area contributed by atoms with Crippen molar-refractivity contribution in [1.82, 2.24) is 4.57 Å². The average molecular weight is 411 g/mol. The molecule has 5 heteroatoms. The number of fused-ring (bicyclic) bond motifs is 1. The van der Waals surface area contributed by atoms with E-state index in [1.807, 2.05) is 49.4 Å². The number of nitrogens with zero attached hydrogens (tertiary/aromatic N) is 2. The van der Waals surface area contributed by atoms with Gasteiger partial charge in [0.15, 0.2) is 0 Å². The van der Waals surface area contributed by atoms with E-state index in [4.69, 9.17) is 0 Å². The van der Waals surface area contributed by atoms with Crippen molar-refractivity contribution >= 4 is 44.5 Å². The molecule has 3 aromatic rings.